The lowest BCUT2D eigenvalue weighted by Gasteiger charge is -2.22. The fourth-order valence-corrected chi connectivity index (χ4v) is 3.68. The zero-order valence-corrected chi connectivity index (χ0v) is 15.5. The average molecular weight is 364 g/mol. The van der Waals surface area contributed by atoms with E-state index in [0.29, 0.717) is 18.2 Å². The molecule has 3 aromatic rings. The minimum Gasteiger partial charge on any atom is -0.351 e. The van der Waals surface area contributed by atoms with Crippen molar-refractivity contribution >= 4 is 16.8 Å². The lowest BCUT2D eigenvalue weighted by molar-refractivity contribution is 0.0945. The van der Waals surface area contributed by atoms with E-state index >= 15 is 0 Å². The number of nitrogens with one attached hydrogen (secondary N) is 2. The van der Waals surface area contributed by atoms with Gasteiger partial charge in [0.15, 0.2) is 5.69 Å². The number of amides is 1. The van der Waals surface area contributed by atoms with Crippen LogP contribution >= 0.6 is 0 Å². The number of carbonyl (C=O) groups is 1. The Morgan fingerprint density at radius 1 is 1.33 bits per heavy atom. The molecule has 1 amide bonds. The molecule has 0 radical (unpaired) electrons. The van der Waals surface area contributed by atoms with Crippen LogP contribution in [0.15, 0.2) is 36.5 Å². The van der Waals surface area contributed by atoms with Gasteiger partial charge < -0.3 is 10.6 Å². The van der Waals surface area contributed by atoms with E-state index in [4.69, 9.17) is 0 Å². The third-order valence-electron chi connectivity index (χ3n) is 5.20. The number of piperidine rings is 1. The van der Waals surface area contributed by atoms with Crippen LogP contribution in [-0.4, -0.2) is 45.5 Å². The Balaban J connectivity index is 1.49. The first-order valence-corrected chi connectivity index (χ1v) is 9.49. The summed E-state index contributed by atoms with van der Waals surface area (Å²) in [6, 6.07) is 9.74. The molecule has 4 rings (SSSR count). The fraction of sp³-hybridized carbons (Fsp3) is 0.400. The van der Waals surface area contributed by atoms with Crippen LogP contribution in [0.1, 0.15) is 35.4 Å². The number of rotatable bonds is 5. The molecular formula is C20H24N6O. The van der Waals surface area contributed by atoms with Gasteiger partial charge in [-0.2, -0.15) is 0 Å². The van der Waals surface area contributed by atoms with Crippen molar-refractivity contribution in [2.45, 2.75) is 26.2 Å². The van der Waals surface area contributed by atoms with Gasteiger partial charge in [0.05, 0.1) is 16.9 Å². The third kappa shape index (κ3) is 3.68. The first kappa shape index (κ1) is 17.6. The van der Waals surface area contributed by atoms with E-state index in [1.807, 2.05) is 37.3 Å². The second-order valence-corrected chi connectivity index (χ2v) is 7.04. The first-order valence-electron chi connectivity index (χ1n) is 9.49. The van der Waals surface area contributed by atoms with Gasteiger partial charge in [-0.25, -0.2) is 4.68 Å². The molecule has 1 atom stereocenters. The van der Waals surface area contributed by atoms with Crippen molar-refractivity contribution in [2.24, 2.45) is 5.92 Å². The van der Waals surface area contributed by atoms with Crippen molar-refractivity contribution in [3.63, 3.8) is 0 Å². The summed E-state index contributed by atoms with van der Waals surface area (Å²) >= 11 is 0. The maximum atomic E-state index is 12.6. The standard InChI is InChI=1S/C20H24N6O/c1-14-19(20(27)23-12-9-15-5-3-10-21-13-15)24-25-26(14)18-8-2-7-17-16(18)6-4-11-22-17/h2,4,6-8,11,15,21H,3,5,9-10,12-13H2,1H3,(H,23,27). The molecule has 140 valence electrons. The SMILES string of the molecule is Cc1c(C(=O)NCCC2CCCNC2)nnn1-c1cccc2ncccc12. The molecule has 0 saturated carbocycles. The highest BCUT2D eigenvalue weighted by Gasteiger charge is 2.19. The minimum atomic E-state index is -0.166. The zero-order valence-electron chi connectivity index (χ0n) is 15.5. The van der Waals surface area contributed by atoms with Gasteiger partial charge in [0.1, 0.15) is 0 Å². The molecule has 0 aliphatic carbocycles. The number of pyridine rings is 1. The summed E-state index contributed by atoms with van der Waals surface area (Å²) in [6.45, 7) is 4.68. The van der Waals surface area contributed by atoms with Crippen LogP contribution in [-0.2, 0) is 0 Å². The Morgan fingerprint density at radius 3 is 3.11 bits per heavy atom. The molecule has 1 unspecified atom stereocenters. The zero-order chi connectivity index (χ0) is 18.6. The summed E-state index contributed by atoms with van der Waals surface area (Å²) in [5, 5.41) is 15.7. The lowest BCUT2D eigenvalue weighted by Crippen LogP contribution is -2.33. The predicted molar refractivity (Wildman–Crippen MR) is 104 cm³/mol. The minimum absolute atomic E-state index is 0.166. The van der Waals surface area contributed by atoms with Crippen LogP contribution in [0, 0.1) is 12.8 Å². The monoisotopic (exact) mass is 364 g/mol. The van der Waals surface area contributed by atoms with E-state index in [9.17, 15) is 4.79 Å². The molecule has 7 nitrogen and oxygen atoms in total. The lowest BCUT2D eigenvalue weighted by atomic mass is 9.96. The summed E-state index contributed by atoms with van der Waals surface area (Å²) < 4.78 is 1.71. The molecule has 2 N–H and O–H groups in total. The molecule has 2 aromatic heterocycles. The quantitative estimate of drug-likeness (QED) is 0.725. The van der Waals surface area contributed by atoms with Crippen LogP contribution in [0.5, 0.6) is 0 Å². The van der Waals surface area contributed by atoms with Gasteiger partial charge in [0.2, 0.25) is 0 Å². The Bertz CT molecular complexity index is 939. The highest BCUT2D eigenvalue weighted by atomic mass is 16.2. The number of nitrogens with zero attached hydrogens (tertiary/aromatic N) is 4. The summed E-state index contributed by atoms with van der Waals surface area (Å²) in [5.41, 5.74) is 2.86. The summed E-state index contributed by atoms with van der Waals surface area (Å²) in [7, 11) is 0. The van der Waals surface area contributed by atoms with E-state index in [2.05, 4.69) is 25.9 Å². The van der Waals surface area contributed by atoms with Gasteiger partial charge in [-0.1, -0.05) is 11.3 Å². The largest absolute Gasteiger partial charge is 0.351 e. The highest BCUT2D eigenvalue weighted by Crippen LogP contribution is 2.21. The van der Waals surface area contributed by atoms with E-state index in [-0.39, 0.29) is 5.91 Å². The molecule has 1 saturated heterocycles. The normalized spacial score (nSPS) is 17.1. The summed E-state index contributed by atoms with van der Waals surface area (Å²) in [5.74, 6) is 0.472. The topological polar surface area (TPSA) is 84.7 Å². The van der Waals surface area contributed by atoms with Gasteiger partial charge in [0.25, 0.3) is 5.91 Å². The number of fused-ring (bicyclic) bond motifs is 1. The van der Waals surface area contributed by atoms with Crippen molar-refractivity contribution in [3.8, 4) is 5.69 Å². The van der Waals surface area contributed by atoms with Crippen molar-refractivity contribution in [1.82, 2.24) is 30.6 Å². The first-order chi connectivity index (χ1) is 13.2. The van der Waals surface area contributed by atoms with E-state index in [1.54, 1.807) is 10.9 Å². The third-order valence-corrected chi connectivity index (χ3v) is 5.20. The van der Waals surface area contributed by atoms with Gasteiger partial charge in [-0.15, -0.1) is 5.10 Å². The molecule has 0 bridgehead atoms. The van der Waals surface area contributed by atoms with Gasteiger partial charge in [0, 0.05) is 18.1 Å². The Kier molecular flexibility index (Phi) is 5.11. The van der Waals surface area contributed by atoms with Gasteiger partial charge >= 0.3 is 0 Å². The average Bonchev–Trinajstić information content (AvgIpc) is 3.09. The molecule has 1 aliphatic rings. The number of aromatic nitrogens is 4. The van der Waals surface area contributed by atoms with E-state index < -0.39 is 0 Å². The van der Waals surface area contributed by atoms with Gasteiger partial charge in [-0.3, -0.25) is 9.78 Å². The second-order valence-electron chi connectivity index (χ2n) is 7.04. The molecule has 1 aromatic carbocycles. The predicted octanol–water partition coefficient (Wildman–Crippen LogP) is 2.24. The Labute approximate surface area is 158 Å². The maximum absolute atomic E-state index is 12.6. The summed E-state index contributed by atoms with van der Waals surface area (Å²) in [6.07, 6.45) is 5.20. The van der Waals surface area contributed by atoms with Crippen molar-refractivity contribution < 1.29 is 4.79 Å². The van der Waals surface area contributed by atoms with Crippen LogP contribution in [0.2, 0.25) is 0 Å². The number of hydrogen-bond acceptors (Lipinski definition) is 5. The molecule has 1 aliphatic heterocycles. The summed E-state index contributed by atoms with van der Waals surface area (Å²) in [4.78, 5) is 16.9. The molecule has 7 heteroatoms. The van der Waals surface area contributed by atoms with Crippen LogP contribution in [0.25, 0.3) is 16.6 Å². The van der Waals surface area contributed by atoms with E-state index in [1.165, 1.54) is 12.8 Å². The fourth-order valence-electron chi connectivity index (χ4n) is 3.68. The Morgan fingerprint density at radius 2 is 2.26 bits per heavy atom. The molecule has 27 heavy (non-hydrogen) atoms. The maximum Gasteiger partial charge on any atom is 0.273 e. The van der Waals surface area contributed by atoms with Crippen molar-refractivity contribution in [2.75, 3.05) is 19.6 Å². The smallest absolute Gasteiger partial charge is 0.273 e. The number of benzene rings is 1. The van der Waals surface area contributed by atoms with Crippen LogP contribution < -0.4 is 10.6 Å². The Hall–Kier alpha value is -2.80. The van der Waals surface area contributed by atoms with E-state index in [0.717, 1.165) is 41.8 Å². The second kappa shape index (κ2) is 7.84. The number of carbonyl (C=O) groups excluding carboxylic acids is 1. The van der Waals surface area contributed by atoms with Crippen molar-refractivity contribution in [3.05, 3.63) is 47.9 Å². The molecular weight excluding hydrogens is 340 g/mol. The van der Waals surface area contributed by atoms with Crippen LogP contribution in [0.3, 0.4) is 0 Å². The van der Waals surface area contributed by atoms with Crippen molar-refractivity contribution in [1.29, 1.82) is 0 Å². The molecule has 1 fully saturated rings. The molecule has 3 heterocycles. The molecule has 0 spiro atoms. The number of hydrogen-bond donors (Lipinski definition) is 2. The van der Waals surface area contributed by atoms with Gasteiger partial charge in [-0.05, 0) is 69.5 Å². The van der Waals surface area contributed by atoms with Crippen LogP contribution in [0.4, 0.5) is 0 Å². The highest BCUT2D eigenvalue weighted by molar-refractivity contribution is 5.93.